The highest BCUT2D eigenvalue weighted by molar-refractivity contribution is 5.75. The van der Waals surface area contributed by atoms with Crippen LogP contribution in [0.3, 0.4) is 0 Å². The third kappa shape index (κ3) is 4.54. The quantitative estimate of drug-likeness (QED) is 0.795. The predicted octanol–water partition coefficient (Wildman–Crippen LogP) is 2.70. The molecule has 5 heteroatoms. The van der Waals surface area contributed by atoms with Crippen LogP contribution in [0.4, 0.5) is 0 Å². The summed E-state index contributed by atoms with van der Waals surface area (Å²) >= 11 is 0. The number of carbonyl (C=O) groups excluding carboxylic acids is 1. The fourth-order valence-corrected chi connectivity index (χ4v) is 2.54. The number of benzene rings is 1. The van der Waals surface area contributed by atoms with Crippen molar-refractivity contribution in [3.63, 3.8) is 0 Å². The Balaban J connectivity index is 2.42. The van der Waals surface area contributed by atoms with E-state index < -0.39 is 0 Å². The molecule has 0 aliphatic heterocycles. The molecule has 1 aromatic heterocycles. The highest BCUT2D eigenvalue weighted by Gasteiger charge is 2.12. The van der Waals surface area contributed by atoms with Crippen LogP contribution in [0, 0.1) is 6.92 Å². The summed E-state index contributed by atoms with van der Waals surface area (Å²) in [6.45, 7) is 4.17. The zero-order valence-corrected chi connectivity index (χ0v) is 14.6. The third-order valence-electron chi connectivity index (χ3n) is 4.02. The first-order chi connectivity index (χ1) is 11.5. The van der Waals surface area contributed by atoms with Gasteiger partial charge in [-0.1, -0.05) is 49.6 Å². The van der Waals surface area contributed by atoms with Gasteiger partial charge in [0.25, 0.3) is 5.56 Å². The molecule has 0 atom stereocenters. The van der Waals surface area contributed by atoms with E-state index in [0.29, 0.717) is 17.9 Å². The monoisotopic (exact) mass is 327 g/mol. The van der Waals surface area contributed by atoms with Crippen LogP contribution < -0.4 is 10.9 Å². The molecular formula is C19H25N3O2. The Morgan fingerprint density at radius 1 is 1.21 bits per heavy atom. The van der Waals surface area contributed by atoms with Crippen molar-refractivity contribution < 1.29 is 4.79 Å². The number of hydrogen-bond acceptors (Lipinski definition) is 3. The molecule has 0 bridgehead atoms. The van der Waals surface area contributed by atoms with Crippen molar-refractivity contribution in [3.8, 4) is 11.3 Å². The number of unbranched alkanes of at least 4 members (excludes halogenated alkanes) is 2. The second-order valence-electron chi connectivity index (χ2n) is 5.98. The summed E-state index contributed by atoms with van der Waals surface area (Å²) in [4.78, 5) is 28.9. The van der Waals surface area contributed by atoms with Crippen LogP contribution in [0.25, 0.3) is 11.3 Å². The first-order valence-electron chi connectivity index (χ1n) is 8.43. The molecule has 0 aliphatic rings. The maximum Gasteiger partial charge on any atom is 0.254 e. The van der Waals surface area contributed by atoms with E-state index in [9.17, 15) is 9.59 Å². The van der Waals surface area contributed by atoms with Crippen LogP contribution in [0.2, 0.25) is 0 Å². The van der Waals surface area contributed by atoms with Gasteiger partial charge < -0.3 is 5.32 Å². The molecule has 2 rings (SSSR count). The summed E-state index contributed by atoms with van der Waals surface area (Å²) in [7, 11) is 1.57. The van der Waals surface area contributed by atoms with Crippen LogP contribution in [0.5, 0.6) is 0 Å². The first kappa shape index (κ1) is 17.9. The molecule has 0 saturated heterocycles. The molecule has 0 fully saturated rings. The fourth-order valence-electron chi connectivity index (χ4n) is 2.54. The number of likely N-dealkylation sites (N-methyl/N-ethyl adjacent to an activating group) is 1. The van der Waals surface area contributed by atoms with Gasteiger partial charge in [0.05, 0.1) is 5.69 Å². The van der Waals surface area contributed by atoms with E-state index in [2.05, 4.69) is 17.2 Å². The largest absolute Gasteiger partial charge is 0.358 e. The summed E-state index contributed by atoms with van der Waals surface area (Å²) in [5.74, 6) is 0.480. The minimum absolute atomic E-state index is 0.0119. The smallest absolute Gasteiger partial charge is 0.254 e. The summed E-state index contributed by atoms with van der Waals surface area (Å²) in [6.07, 6.45) is 3.82. The van der Waals surface area contributed by atoms with E-state index in [4.69, 9.17) is 0 Å². The molecule has 0 aliphatic carbocycles. The van der Waals surface area contributed by atoms with Gasteiger partial charge in [0.1, 0.15) is 12.4 Å². The van der Waals surface area contributed by atoms with Gasteiger partial charge in [0.15, 0.2) is 0 Å². The van der Waals surface area contributed by atoms with Crippen LogP contribution in [0.15, 0.2) is 35.1 Å². The zero-order valence-electron chi connectivity index (χ0n) is 14.6. The molecule has 5 nitrogen and oxygen atoms in total. The lowest BCUT2D eigenvalue weighted by molar-refractivity contribution is -0.121. The van der Waals surface area contributed by atoms with Gasteiger partial charge >= 0.3 is 0 Å². The lowest BCUT2D eigenvalue weighted by Gasteiger charge is -2.13. The molecule has 0 saturated carbocycles. The molecular weight excluding hydrogens is 302 g/mol. The Kier molecular flexibility index (Phi) is 6.29. The molecule has 1 amide bonds. The third-order valence-corrected chi connectivity index (χ3v) is 4.02. The minimum atomic E-state index is -0.196. The molecule has 1 N–H and O–H groups in total. The SMILES string of the molecule is CCCCCc1nc(-c2ccc(C)cc2)cc(=O)n1CC(=O)NC. The normalized spacial score (nSPS) is 10.6. The fraction of sp³-hybridized carbons (Fsp3) is 0.421. The van der Waals surface area contributed by atoms with Crippen molar-refractivity contribution in [1.29, 1.82) is 0 Å². The predicted molar refractivity (Wildman–Crippen MR) is 96.0 cm³/mol. The van der Waals surface area contributed by atoms with Crippen LogP contribution in [0.1, 0.15) is 37.6 Å². The van der Waals surface area contributed by atoms with Crippen molar-refractivity contribution in [1.82, 2.24) is 14.9 Å². The molecule has 0 radical (unpaired) electrons. The maximum absolute atomic E-state index is 12.5. The summed E-state index contributed by atoms with van der Waals surface area (Å²) < 4.78 is 1.48. The van der Waals surface area contributed by atoms with Gasteiger partial charge in [-0.15, -0.1) is 0 Å². The summed E-state index contributed by atoms with van der Waals surface area (Å²) in [5, 5.41) is 2.56. The molecule has 24 heavy (non-hydrogen) atoms. The van der Waals surface area contributed by atoms with E-state index in [0.717, 1.165) is 30.4 Å². The van der Waals surface area contributed by atoms with Crippen molar-refractivity contribution in [2.45, 2.75) is 46.1 Å². The van der Waals surface area contributed by atoms with Crippen LogP contribution in [-0.4, -0.2) is 22.5 Å². The molecule has 1 aromatic carbocycles. The zero-order chi connectivity index (χ0) is 17.5. The van der Waals surface area contributed by atoms with Crippen molar-refractivity contribution in [2.75, 3.05) is 7.05 Å². The lowest BCUT2D eigenvalue weighted by Crippen LogP contribution is -2.32. The Hall–Kier alpha value is -2.43. The van der Waals surface area contributed by atoms with Gasteiger partial charge in [0, 0.05) is 25.1 Å². The molecule has 1 heterocycles. The second-order valence-corrected chi connectivity index (χ2v) is 5.98. The number of aryl methyl sites for hydroxylation is 2. The van der Waals surface area contributed by atoms with E-state index in [-0.39, 0.29) is 18.0 Å². The first-order valence-corrected chi connectivity index (χ1v) is 8.43. The highest BCUT2D eigenvalue weighted by atomic mass is 16.2. The minimum Gasteiger partial charge on any atom is -0.358 e. The highest BCUT2D eigenvalue weighted by Crippen LogP contribution is 2.17. The van der Waals surface area contributed by atoms with Crippen molar-refractivity contribution in [3.05, 3.63) is 52.1 Å². The summed E-state index contributed by atoms with van der Waals surface area (Å²) in [5.41, 5.74) is 2.56. The van der Waals surface area contributed by atoms with Gasteiger partial charge in [-0.2, -0.15) is 0 Å². The number of nitrogens with one attached hydrogen (secondary N) is 1. The molecule has 2 aromatic rings. The number of carbonyl (C=O) groups is 1. The van der Waals surface area contributed by atoms with E-state index in [1.807, 2.05) is 31.2 Å². The van der Waals surface area contributed by atoms with E-state index in [1.54, 1.807) is 7.05 Å². The number of nitrogens with zero attached hydrogens (tertiary/aromatic N) is 2. The maximum atomic E-state index is 12.5. The van der Waals surface area contributed by atoms with Gasteiger partial charge in [-0.05, 0) is 13.3 Å². The Morgan fingerprint density at radius 3 is 2.54 bits per heavy atom. The Bertz CT molecular complexity index is 748. The van der Waals surface area contributed by atoms with Gasteiger partial charge in [-0.3, -0.25) is 14.2 Å². The Labute approximate surface area is 142 Å². The van der Waals surface area contributed by atoms with Crippen LogP contribution >= 0.6 is 0 Å². The van der Waals surface area contributed by atoms with Crippen molar-refractivity contribution in [2.24, 2.45) is 0 Å². The van der Waals surface area contributed by atoms with E-state index in [1.165, 1.54) is 10.6 Å². The average Bonchev–Trinajstić information content (AvgIpc) is 2.58. The average molecular weight is 327 g/mol. The van der Waals surface area contributed by atoms with Gasteiger partial charge in [-0.25, -0.2) is 4.98 Å². The lowest BCUT2D eigenvalue weighted by atomic mass is 10.1. The number of hydrogen-bond donors (Lipinski definition) is 1. The van der Waals surface area contributed by atoms with E-state index >= 15 is 0 Å². The second kappa shape index (κ2) is 8.43. The number of amides is 1. The standard InChI is InChI=1S/C19H25N3O2/c1-4-5-6-7-17-21-16(15-10-8-14(2)9-11-15)12-19(24)22(17)13-18(23)20-3/h8-12H,4-7,13H2,1-3H3,(H,20,23). The topological polar surface area (TPSA) is 64.0 Å². The number of rotatable bonds is 7. The van der Waals surface area contributed by atoms with Crippen LogP contribution in [-0.2, 0) is 17.8 Å². The summed E-state index contributed by atoms with van der Waals surface area (Å²) in [6, 6.07) is 9.45. The number of aromatic nitrogens is 2. The van der Waals surface area contributed by atoms with Crippen molar-refractivity contribution >= 4 is 5.91 Å². The Morgan fingerprint density at radius 2 is 1.92 bits per heavy atom. The van der Waals surface area contributed by atoms with Gasteiger partial charge in [0.2, 0.25) is 5.91 Å². The molecule has 0 spiro atoms. The molecule has 0 unspecified atom stereocenters. The molecule has 128 valence electrons.